The van der Waals surface area contributed by atoms with E-state index in [9.17, 15) is 14.4 Å². The van der Waals surface area contributed by atoms with Crippen LogP contribution in [-0.2, 0) is 16.1 Å². The number of nitrogens with zero attached hydrogens (tertiary/aromatic N) is 2. The van der Waals surface area contributed by atoms with Gasteiger partial charge >= 0.3 is 0 Å². The van der Waals surface area contributed by atoms with Crippen LogP contribution in [0.1, 0.15) is 35.7 Å². The molecule has 0 aromatic heterocycles. The number of hydrogen-bond donors (Lipinski definition) is 1. The highest BCUT2D eigenvalue weighted by Crippen LogP contribution is 2.23. The number of nitrogens with one attached hydrogen (secondary N) is 1. The Morgan fingerprint density at radius 3 is 2.50 bits per heavy atom. The summed E-state index contributed by atoms with van der Waals surface area (Å²) in [5.74, 6) is -0.645. The Morgan fingerprint density at radius 2 is 1.71 bits per heavy atom. The van der Waals surface area contributed by atoms with Crippen LogP contribution in [-0.4, -0.2) is 53.7 Å². The smallest absolute Gasteiger partial charge is 0.254 e. The number of piperidine rings is 1. The molecule has 176 valence electrons. The topological polar surface area (TPSA) is 69.7 Å². The van der Waals surface area contributed by atoms with Gasteiger partial charge in [-0.2, -0.15) is 0 Å². The molecule has 6 nitrogen and oxygen atoms in total. The zero-order valence-electron chi connectivity index (χ0n) is 19.6. The molecule has 1 aliphatic rings. The number of amides is 3. The van der Waals surface area contributed by atoms with Gasteiger partial charge in [-0.3, -0.25) is 14.4 Å². The average molecular weight is 458 g/mol. The van der Waals surface area contributed by atoms with Crippen LogP contribution in [0.3, 0.4) is 0 Å². The third kappa shape index (κ3) is 5.45. The lowest BCUT2D eigenvalue weighted by Crippen LogP contribution is -2.47. The van der Waals surface area contributed by atoms with Gasteiger partial charge in [-0.05, 0) is 42.2 Å². The van der Waals surface area contributed by atoms with E-state index in [4.69, 9.17) is 0 Å². The third-order valence-corrected chi connectivity index (χ3v) is 6.46. The van der Waals surface area contributed by atoms with Gasteiger partial charge in [0, 0.05) is 31.7 Å². The van der Waals surface area contributed by atoms with Crippen LogP contribution >= 0.6 is 0 Å². The first kappa shape index (κ1) is 23.5. The van der Waals surface area contributed by atoms with Crippen LogP contribution < -0.4 is 5.32 Å². The molecule has 3 aromatic carbocycles. The quantitative estimate of drug-likeness (QED) is 0.586. The van der Waals surface area contributed by atoms with Crippen molar-refractivity contribution in [2.75, 3.05) is 26.2 Å². The Balaban J connectivity index is 1.35. The summed E-state index contributed by atoms with van der Waals surface area (Å²) in [5.41, 5.74) is 1.72. The van der Waals surface area contributed by atoms with Gasteiger partial charge in [0.15, 0.2) is 0 Å². The third-order valence-electron chi connectivity index (χ3n) is 6.46. The van der Waals surface area contributed by atoms with Gasteiger partial charge in [-0.15, -0.1) is 0 Å². The van der Waals surface area contributed by atoms with Crippen molar-refractivity contribution in [2.45, 2.75) is 26.3 Å². The first-order valence-corrected chi connectivity index (χ1v) is 11.9. The zero-order chi connectivity index (χ0) is 23.9. The molecule has 4 rings (SSSR count). The Morgan fingerprint density at radius 1 is 0.971 bits per heavy atom. The van der Waals surface area contributed by atoms with Crippen LogP contribution in [0.25, 0.3) is 10.8 Å². The molecule has 1 N–H and O–H groups in total. The summed E-state index contributed by atoms with van der Waals surface area (Å²) in [6, 6.07) is 23.4. The minimum atomic E-state index is -0.315. The summed E-state index contributed by atoms with van der Waals surface area (Å²) in [6.07, 6.45) is 1.47. The van der Waals surface area contributed by atoms with Crippen molar-refractivity contribution in [1.82, 2.24) is 15.1 Å². The predicted octanol–water partition coefficient (Wildman–Crippen LogP) is 3.86. The minimum Gasteiger partial charge on any atom is -0.347 e. The largest absolute Gasteiger partial charge is 0.347 e. The molecular formula is C28H31N3O3. The van der Waals surface area contributed by atoms with E-state index < -0.39 is 0 Å². The van der Waals surface area contributed by atoms with Crippen LogP contribution in [0.15, 0.2) is 72.8 Å². The van der Waals surface area contributed by atoms with Crippen LogP contribution in [0.5, 0.6) is 0 Å². The van der Waals surface area contributed by atoms with E-state index in [-0.39, 0.29) is 30.2 Å². The molecule has 1 heterocycles. The molecule has 0 spiro atoms. The van der Waals surface area contributed by atoms with Gasteiger partial charge in [-0.25, -0.2) is 0 Å². The fourth-order valence-corrected chi connectivity index (χ4v) is 4.56. The number of likely N-dealkylation sites (N-methyl/N-ethyl adjacent to an activating group) is 1. The molecule has 34 heavy (non-hydrogen) atoms. The molecule has 0 aliphatic carbocycles. The van der Waals surface area contributed by atoms with E-state index in [1.54, 1.807) is 9.80 Å². The van der Waals surface area contributed by atoms with Crippen LogP contribution in [0.4, 0.5) is 0 Å². The van der Waals surface area contributed by atoms with Crippen molar-refractivity contribution in [3.05, 3.63) is 83.9 Å². The number of likely N-dealkylation sites (tertiary alicyclic amines) is 1. The predicted molar refractivity (Wildman–Crippen MR) is 133 cm³/mol. The first-order valence-electron chi connectivity index (χ1n) is 11.9. The number of carbonyl (C=O) groups is 3. The van der Waals surface area contributed by atoms with Crippen molar-refractivity contribution < 1.29 is 14.4 Å². The molecule has 0 saturated carbocycles. The summed E-state index contributed by atoms with van der Waals surface area (Å²) in [4.78, 5) is 42.3. The normalized spacial score (nSPS) is 15.7. The molecule has 1 atom stereocenters. The molecule has 3 amide bonds. The molecule has 1 aliphatic heterocycles. The van der Waals surface area contributed by atoms with Gasteiger partial charge in [0.1, 0.15) is 0 Å². The molecule has 1 fully saturated rings. The highest BCUT2D eigenvalue weighted by Gasteiger charge is 2.30. The van der Waals surface area contributed by atoms with Gasteiger partial charge in [-0.1, -0.05) is 66.7 Å². The molecular weight excluding hydrogens is 426 g/mol. The Labute approximate surface area is 200 Å². The number of rotatable bonds is 7. The average Bonchev–Trinajstić information content (AvgIpc) is 2.90. The summed E-state index contributed by atoms with van der Waals surface area (Å²) in [5, 5.41) is 4.76. The highest BCUT2D eigenvalue weighted by atomic mass is 16.2. The standard InChI is InChI=1S/C28H31N3O3/c1-2-30(19-21-10-4-3-5-11-21)26(32)18-29-27(33)23-14-9-17-31(20-23)28(34)25-16-8-13-22-12-6-7-15-24(22)25/h3-8,10-13,15-16,23H,2,9,14,17-20H2,1H3,(H,29,33). The van der Waals surface area contributed by atoms with Crippen molar-refractivity contribution in [2.24, 2.45) is 5.92 Å². The number of hydrogen-bond acceptors (Lipinski definition) is 3. The maximum Gasteiger partial charge on any atom is 0.254 e. The number of carbonyl (C=O) groups excluding carboxylic acids is 3. The van der Waals surface area contributed by atoms with Crippen molar-refractivity contribution >= 4 is 28.5 Å². The minimum absolute atomic E-state index is 0.0344. The maximum absolute atomic E-state index is 13.3. The lowest BCUT2D eigenvalue weighted by molar-refractivity contribution is -0.134. The Bertz CT molecular complexity index is 1160. The second-order valence-corrected chi connectivity index (χ2v) is 8.73. The van der Waals surface area contributed by atoms with E-state index in [1.165, 1.54) is 0 Å². The lowest BCUT2D eigenvalue weighted by atomic mass is 9.95. The molecule has 6 heteroatoms. The van der Waals surface area contributed by atoms with Gasteiger partial charge in [0.25, 0.3) is 5.91 Å². The van der Waals surface area contributed by atoms with E-state index in [0.717, 1.165) is 22.8 Å². The van der Waals surface area contributed by atoms with E-state index in [0.29, 0.717) is 38.2 Å². The van der Waals surface area contributed by atoms with Gasteiger partial charge < -0.3 is 15.1 Å². The molecule has 1 unspecified atom stereocenters. The first-order chi connectivity index (χ1) is 16.6. The molecule has 3 aromatic rings. The van der Waals surface area contributed by atoms with Crippen LogP contribution in [0.2, 0.25) is 0 Å². The molecule has 0 radical (unpaired) electrons. The second kappa shape index (κ2) is 11.0. The van der Waals surface area contributed by atoms with E-state index in [2.05, 4.69) is 5.32 Å². The van der Waals surface area contributed by atoms with Gasteiger partial charge in [0.2, 0.25) is 11.8 Å². The SMILES string of the molecule is CCN(Cc1ccccc1)C(=O)CNC(=O)C1CCCN(C(=O)c2cccc3ccccc23)C1. The fraction of sp³-hybridized carbons (Fsp3) is 0.321. The highest BCUT2D eigenvalue weighted by molar-refractivity contribution is 6.07. The van der Waals surface area contributed by atoms with E-state index >= 15 is 0 Å². The monoisotopic (exact) mass is 457 g/mol. The lowest BCUT2D eigenvalue weighted by Gasteiger charge is -2.32. The summed E-state index contributed by atoms with van der Waals surface area (Å²) in [7, 11) is 0. The number of benzene rings is 3. The van der Waals surface area contributed by atoms with Crippen LogP contribution in [0, 0.1) is 5.92 Å². The summed E-state index contributed by atoms with van der Waals surface area (Å²) < 4.78 is 0. The van der Waals surface area contributed by atoms with Crippen molar-refractivity contribution in [3.63, 3.8) is 0 Å². The zero-order valence-corrected chi connectivity index (χ0v) is 19.6. The van der Waals surface area contributed by atoms with Crippen molar-refractivity contribution in [1.29, 1.82) is 0 Å². The van der Waals surface area contributed by atoms with Gasteiger partial charge in [0.05, 0.1) is 12.5 Å². The Hall–Kier alpha value is -3.67. The summed E-state index contributed by atoms with van der Waals surface area (Å²) in [6.45, 7) is 3.98. The Kier molecular flexibility index (Phi) is 7.58. The van der Waals surface area contributed by atoms with E-state index in [1.807, 2.05) is 79.7 Å². The second-order valence-electron chi connectivity index (χ2n) is 8.73. The summed E-state index contributed by atoms with van der Waals surface area (Å²) >= 11 is 0. The maximum atomic E-state index is 13.3. The van der Waals surface area contributed by atoms with Crippen molar-refractivity contribution in [3.8, 4) is 0 Å². The molecule has 0 bridgehead atoms. The number of fused-ring (bicyclic) bond motifs is 1. The molecule has 1 saturated heterocycles. The fourth-order valence-electron chi connectivity index (χ4n) is 4.56.